The summed E-state index contributed by atoms with van der Waals surface area (Å²) in [5.74, 6) is -1.67. The van der Waals surface area contributed by atoms with Crippen LogP contribution >= 0.6 is 0 Å². The standard InChI is InChI=1S/C19H26F2N2O3/c1-3-26-19(25)14-7-9-23(10-8-14)12-18(24)22-13(2)11-15-16(20)5-4-6-17(15)21/h4-6,13-14H,3,7-12H2,1-2H3,(H,22,24). The largest absolute Gasteiger partial charge is 0.466 e. The first-order valence-corrected chi connectivity index (χ1v) is 9.02. The number of nitrogens with zero attached hydrogens (tertiary/aromatic N) is 1. The van der Waals surface area contributed by atoms with Crippen LogP contribution in [-0.2, 0) is 20.7 Å². The molecule has 0 bridgehead atoms. The number of carbonyl (C=O) groups is 2. The molecule has 1 fully saturated rings. The fraction of sp³-hybridized carbons (Fsp3) is 0.579. The molecule has 1 N–H and O–H groups in total. The lowest BCUT2D eigenvalue weighted by molar-refractivity contribution is -0.149. The van der Waals surface area contributed by atoms with E-state index in [0.717, 1.165) is 0 Å². The van der Waals surface area contributed by atoms with Gasteiger partial charge in [0.2, 0.25) is 5.91 Å². The van der Waals surface area contributed by atoms with Crippen LogP contribution in [0.2, 0.25) is 0 Å². The molecule has 1 unspecified atom stereocenters. The van der Waals surface area contributed by atoms with Crippen molar-refractivity contribution in [2.75, 3.05) is 26.2 Å². The third-order valence-electron chi connectivity index (χ3n) is 4.55. The zero-order valence-electron chi connectivity index (χ0n) is 15.3. The van der Waals surface area contributed by atoms with Gasteiger partial charge in [0.1, 0.15) is 11.6 Å². The van der Waals surface area contributed by atoms with Crippen molar-refractivity contribution in [2.45, 2.75) is 39.2 Å². The van der Waals surface area contributed by atoms with Gasteiger partial charge in [-0.1, -0.05) is 6.07 Å². The number of rotatable bonds is 7. The number of piperidine rings is 1. The summed E-state index contributed by atoms with van der Waals surface area (Å²) in [6.45, 7) is 5.38. The van der Waals surface area contributed by atoms with E-state index in [1.165, 1.54) is 18.2 Å². The summed E-state index contributed by atoms with van der Waals surface area (Å²) in [7, 11) is 0. The summed E-state index contributed by atoms with van der Waals surface area (Å²) < 4.78 is 32.4. The van der Waals surface area contributed by atoms with Gasteiger partial charge in [-0.15, -0.1) is 0 Å². The average molecular weight is 368 g/mol. The van der Waals surface area contributed by atoms with Crippen molar-refractivity contribution in [3.05, 3.63) is 35.4 Å². The summed E-state index contributed by atoms with van der Waals surface area (Å²) in [6, 6.07) is 3.35. The molecule has 1 heterocycles. The third kappa shape index (κ3) is 5.76. The predicted molar refractivity (Wildman–Crippen MR) is 93.5 cm³/mol. The Hall–Kier alpha value is -2.02. The molecule has 1 atom stereocenters. The molecular formula is C19H26F2N2O3. The molecule has 144 valence electrons. The first kappa shape index (κ1) is 20.3. The summed E-state index contributed by atoms with van der Waals surface area (Å²) in [5.41, 5.74) is -0.0180. The van der Waals surface area contributed by atoms with Gasteiger partial charge in [0.15, 0.2) is 0 Å². The molecule has 0 aromatic heterocycles. The van der Waals surface area contributed by atoms with Gasteiger partial charge in [0, 0.05) is 11.6 Å². The van der Waals surface area contributed by atoms with E-state index in [2.05, 4.69) is 5.32 Å². The van der Waals surface area contributed by atoms with Gasteiger partial charge in [-0.3, -0.25) is 14.5 Å². The van der Waals surface area contributed by atoms with Gasteiger partial charge >= 0.3 is 5.97 Å². The van der Waals surface area contributed by atoms with Gasteiger partial charge in [-0.2, -0.15) is 0 Å². The van der Waals surface area contributed by atoms with Gasteiger partial charge in [0.05, 0.1) is 19.1 Å². The predicted octanol–water partition coefficient (Wildman–Crippen LogP) is 2.29. The molecule has 1 saturated heterocycles. The van der Waals surface area contributed by atoms with Gasteiger partial charge in [-0.25, -0.2) is 8.78 Å². The average Bonchev–Trinajstić information content (AvgIpc) is 2.59. The van der Waals surface area contributed by atoms with Crippen molar-refractivity contribution < 1.29 is 23.1 Å². The van der Waals surface area contributed by atoms with E-state index in [0.29, 0.717) is 32.5 Å². The van der Waals surface area contributed by atoms with Crippen LogP contribution in [0, 0.1) is 17.6 Å². The Kier molecular flexibility index (Phi) is 7.50. The molecule has 26 heavy (non-hydrogen) atoms. The lowest BCUT2D eigenvalue weighted by Gasteiger charge is -2.30. The number of amides is 1. The molecule has 1 aromatic rings. The molecule has 1 aliphatic rings. The molecule has 5 nitrogen and oxygen atoms in total. The number of nitrogens with one attached hydrogen (secondary N) is 1. The molecule has 1 aromatic carbocycles. The van der Waals surface area contributed by atoms with E-state index in [1.807, 2.05) is 4.90 Å². The lowest BCUT2D eigenvalue weighted by atomic mass is 9.97. The van der Waals surface area contributed by atoms with E-state index in [1.54, 1.807) is 13.8 Å². The Labute approximate surface area is 152 Å². The number of carbonyl (C=O) groups excluding carboxylic acids is 2. The molecule has 0 saturated carbocycles. The third-order valence-corrected chi connectivity index (χ3v) is 4.55. The summed E-state index contributed by atoms with van der Waals surface area (Å²) in [6.07, 6.45) is 1.43. The van der Waals surface area contributed by atoms with Crippen molar-refractivity contribution >= 4 is 11.9 Å². The Morgan fingerprint density at radius 3 is 2.46 bits per heavy atom. The fourth-order valence-corrected chi connectivity index (χ4v) is 3.20. The molecular weight excluding hydrogens is 342 g/mol. The molecule has 1 aliphatic heterocycles. The topological polar surface area (TPSA) is 58.6 Å². The van der Waals surface area contributed by atoms with Crippen LogP contribution in [0.25, 0.3) is 0 Å². The lowest BCUT2D eigenvalue weighted by Crippen LogP contribution is -2.45. The normalized spacial score (nSPS) is 16.9. The van der Waals surface area contributed by atoms with E-state index < -0.39 is 11.6 Å². The maximum absolute atomic E-state index is 13.7. The van der Waals surface area contributed by atoms with Crippen LogP contribution in [-0.4, -0.2) is 49.1 Å². The van der Waals surface area contributed by atoms with Crippen molar-refractivity contribution in [1.29, 1.82) is 0 Å². The second-order valence-electron chi connectivity index (χ2n) is 6.68. The van der Waals surface area contributed by atoms with Gasteiger partial charge in [-0.05, 0) is 58.3 Å². The SMILES string of the molecule is CCOC(=O)C1CCN(CC(=O)NC(C)Cc2c(F)cccc2F)CC1. The zero-order valence-corrected chi connectivity index (χ0v) is 15.3. The minimum Gasteiger partial charge on any atom is -0.466 e. The summed E-state index contributed by atoms with van der Waals surface area (Å²) in [5, 5.41) is 2.78. The highest BCUT2D eigenvalue weighted by atomic mass is 19.1. The highest BCUT2D eigenvalue weighted by Gasteiger charge is 2.27. The molecule has 0 aliphatic carbocycles. The first-order chi connectivity index (χ1) is 12.4. The van der Waals surface area contributed by atoms with Crippen LogP contribution in [0.15, 0.2) is 18.2 Å². The van der Waals surface area contributed by atoms with Crippen molar-refractivity contribution in [2.24, 2.45) is 5.92 Å². The number of benzene rings is 1. The second-order valence-corrected chi connectivity index (χ2v) is 6.68. The van der Waals surface area contributed by atoms with E-state index >= 15 is 0 Å². The van der Waals surface area contributed by atoms with Crippen LogP contribution in [0.3, 0.4) is 0 Å². The minimum absolute atomic E-state index is 0.0180. The van der Waals surface area contributed by atoms with Crippen molar-refractivity contribution in [1.82, 2.24) is 10.2 Å². The van der Waals surface area contributed by atoms with Crippen molar-refractivity contribution in [3.8, 4) is 0 Å². The number of hydrogen-bond donors (Lipinski definition) is 1. The molecule has 0 radical (unpaired) electrons. The van der Waals surface area contributed by atoms with Crippen LogP contribution in [0.4, 0.5) is 8.78 Å². The van der Waals surface area contributed by atoms with Crippen molar-refractivity contribution in [3.63, 3.8) is 0 Å². The fourth-order valence-electron chi connectivity index (χ4n) is 3.20. The number of esters is 1. The van der Waals surface area contributed by atoms with Crippen LogP contribution in [0.5, 0.6) is 0 Å². The minimum atomic E-state index is -0.605. The molecule has 1 amide bonds. The van der Waals surface area contributed by atoms with E-state index in [-0.39, 0.29) is 42.4 Å². The highest BCUT2D eigenvalue weighted by Crippen LogP contribution is 2.18. The monoisotopic (exact) mass is 368 g/mol. The zero-order chi connectivity index (χ0) is 19.1. The Bertz CT molecular complexity index is 611. The molecule has 7 heteroatoms. The van der Waals surface area contributed by atoms with Gasteiger partial charge < -0.3 is 10.1 Å². The highest BCUT2D eigenvalue weighted by molar-refractivity contribution is 5.78. The quantitative estimate of drug-likeness (QED) is 0.751. The Morgan fingerprint density at radius 2 is 1.88 bits per heavy atom. The van der Waals surface area contributed by atoms with E-state index in [4.69, 9.17) is 4.74 Å². The summed E-state index contributed by atoms with van der Waals surface area (Å²) >= 11 is 0. The Balaban J connectivity index is 1.76. The molecule has 2 rings (SSSR count). The number of halogens is 2. The second kappa shape index (κ2) is 9.62. The number of likely N-dealkylation sites (tertiary alicyclic amines) is 1. The molecule has 0 spiro atoms. The maximum Gasteiger partial charge on any atom is 0.309 e. The van der Waals surface area contributed by atoms with Crippen LogP contribution < -0.4 is 5.32 Å². The summed E-state index contributed by atoms with van der Waals surface area (Å²) in [4.78, 5) is 25.9. The van der Waals surface area contributed by atoms with Gasteiger partial charge in [0.25, 0.3) is 0 Å². The maximum atomic E-state index is 13.7. The van der Waals surface area contributed by atoms with Crippen LogP contribution in [0.1, 0.15) is 32.3 Å². The number of hydrogen-bond acceptors (Lipinski definition) is 4. The first-order valence-electron chi connectivity index (χ1n) is 9.02. The smallest absolute Gasteiger partial charge is 0.309 e. The Morgan fingerprint density at radius 1 is 1.27 bits per heavy atom. The van der Waals surface area contributed by atoms with E-state index in [9.17, 15) is 18.4 Å². The number of ether oxygens (including phenoxy) is 1.